The van der Waals surface area contributed by atoms with Gasteiger partial charge in [-0.1, -0.05) is 120 Å². The lowest BCUT2D eigenvalue weighted by Crippen LogP contribution is -1.94. The molecule has 49 heavy (non-hydrogen) atoms. The number of phenolic OH excluding ortho intramolecular Hbond substituents is 1. The van der Waals surface area contributed by atoms with Crippen molar-refractivity contribution in [2.45, 2.75) is 0 Å². The Labute approximate surface area is 293 Å². The molecule has 0 spiro atoms. The topological polar surface area (TPSA) is 81.0 Å². The second kappa shape index (κ2) is 14.1. The van der Waals surface area contributed by atoms with Crippen molar-refractivity contribution in [3.8, 4) is 56.5 Å². The number of fused-ring (bicyclic) bond motifs is 2. The minimum Gasteiger partial charge on any atom is -0.506 e. The lowest BCUT2D eigenvalue weighted by molar-refractivity contribution is 0.419. The van der Waals surface area contributed by atoms with Crippen molar-refractivity contribution in [1.29, 1.82) is 0 Å². The van der Waals surface area contributed by atoms with Crippen LogP contribution in [0.3, 0.4) is 0 Å². The number of halogens is 2. The van der Waals surface area contributed by atoms with E-state index < -0.39 is 0 Å². The molecule has 0 atom stereocenters. The molecule has 0 saturated heterocycles. The van der Waals surface area contributed by atoms with E-state index in [9.17, 15) is 5.11 Å². The molecule has 8 rings (SSSR count). The van der Waals surface area contributed by atoms with Crippen molar-refractivity contribution in [3.63, 3.8) is 0 Å². The summed E-state index contributed by atoms with van der Waals surface area (Å²) in [7, 11) is 1.65. The fourth-order valence-corrected chi connectivity index (χ4v) is 6.04. The number of methoxy groups -OCH3 is 1. The fourth-order valence-electron chi connectivity index (χ4n) is 5.55. The Morgan fingerprint density at radius 3 is 1.47 bits per heavy atom. The lowest BCUT2D eigenvalue weighted by Gasteiger charge is -2.11. The van der Waals surface area contributed by atoms with Crippen molar-refractivity contribution in [1.82, 2.24) is 19.9 Å². The maximum Gasteiger partial charge on any atom is 0.159 e. The van der Waals surface area contributed by atoms with Gasteiger partial charge in [-0.25, -0.2) is 19.9 Å². The van der Waals surface area contributed by atoms with Crippen LogP contribution in [0, 0.1) is 0 Å². The third kappa shape index (κ3) is 6.79. The van der Waals surface area contributed by atoms with Crippen LogP contribution >= 0.6 is 23.2 Å². The summed E-state index contributed by atoms with van der Waals surface area (Å²) >= 11 is 12.6. The van der Waals surface area contributed by atoms with Crippen molar-refractivity contribution < 1.29 is 9.84 Å². The summed E-state index contributed by atoms with van der Waals surface area (Å²) in [4.78, 5) is 18.1. The molecule has 2 heterocycles. The molecule has 0 aliphatic carbocycles. The van der Waals surface area contributed by atoms with Gasteiger partial charge in [-0.2, -0.15) is 0 Å². The van der Waals surface area contributed by atoms with E-state index >= 15 is 0 Å². The molecule has 0 radical (unpaired) electrons. The molecule has 0 fully saturated rings. The van der Waals surface area contributed by atoms with E-state index in [1.807, 2.05) is 134 Å². The molecule has 238 valence electrons. The fraction of sp³-hybridized carbons (Fsp3) is 0.0244. The number of aromatic nitrogens is 4. The lowest BCUT2D eigenvalue weighted by atomic mass is 10.0. The summed E-state index contributed by atoms with van der Waals surface area (Å²) < 4.78 is 5.59. The molecule has 6 nitrogen and oxygen atoms in total. The Morgan fingerprint density at radius 2 is 0.959 bits per heavy atom. The van der Waals surface area contributed by atoms with E-state index in [1.54, 1.807) is 19.4 Å². The first-order chi connectivity index (χ1) is 24.0. The number of phenols is 1. The number of hydrogen-bond donors (Lipinski definition) is 1. The van der Waals surface area contributed by atoms with Gasteiger partial charge in [0, 0.05) is 55.5 Å². The third-order valence-corrected chi connectivity index (χ3v) is 8.62. The normalized spacial score (nSPS) is 10.8. The SMILES string of the molecule is COc1cc(-c2ccccc2Cl)cc2cnc(-c3ccccc3)nc12.Oc1cc(-c2ccccc2Cl)cc2cnc(-c3ccccc3)nc12. The molecule has 8 heteroatoms. The van der Waals surface area contributed by atoms with Crippen LogP contribution in [0.1, 0.15) is 0 Å². The Hall–Kier alpha value is -5.82. The second-order valence-corrected chi connectivity index (χ2v) is 11.9. The molecular formula is C41H28Cl2N4O2. The highest BCUT2D eigenvalue weighted by atomic mass is 35.5. The van der Waals surface area contributed by atoms with Crippen LogP contribution in [0.2, 0.25) is 10.0 Å². The van der Waals surface area contributed by atoms with Crippen LogP contribution in [0.15, 0.2) is 146 Å². The van der Waals surface area contributed by atoms with E-state index in [0.29, 0.717) is 33.0 Å². The van der Waals surface area contributed by atoms with Crippen LogP contribution < -0.4 is 4.74 Å². The van der Waals surface area contributed by atoms with Crippen molar-refractivity contribution >= 4 is 45.0 Å². The molecular weight excluding hydrogens is 651 g/mol. The quantitative estimate of drug-likeness (QED) is 0.195. The van der Waals surface area contributed by atoms with Gasteiger partial charge in [0.05, 0.1) is 7.11 Å². The summed E-state index contributed by atoms with van der Waals surface area (Å²) in [5.74, 6) is 2.08. The van der Waals surface area contributed by atoms with Crippen LogP contribution in [-0.2, 0) is 0 Å². The Bertz CT molecular complexity index is 2420. The minimum absolute atomic E-state index is 0.113. The van der Waals surface area contributed by atoms with Gasteiger partial charge in [0.1, 0.15) is 22.5 Å². The van der Waals surface area contributed by atoms with Gasteiger partial charge in [0.15, 0.2) is 11.6 Å². The van der Waals surface area contributed by atoms with E-state index in [1.165, 1.54) is 0 Å². The van der Waals surface area contributed by atoms with Gasteiger partial charge in [-0.15, -0.1) is 0 Å². The van der Waals surface area contributed by atoms with Crippen molar-refractivity contribution in [2.24, 2.45) is 0 Å². The highest BCUT2D eigenvalue weighted by Crippen LogP contribution is 2.36. The predicted molar refractivity (Wildman–Crippen MR) is 199 cm³/mol. The average molecular weight is 680 g/mol. The number of rotatable bonds is 5. The third-order valence-electron chi connectivity index (χ3n) is 7.96. The summed E-state index contributed by atoms with van der Waals surface area (Å²) in [5, 5.41) is 13.5. The number of ether oxygens (including phenoxy) is 1. The van der Waals surface area contributed by atoms with E-state index in [2.05, 4.69) is 15.0 Å². The number of nitrogens with zero attached hydrogens (tertiary/aromatic N) is 4. The molecule has 0 amide bonds. The maximum absolute atomic E-state index is 10.4. The van der Waals surface area contributed by atoms with Crippen LogP contribution in [0.4, 0.5) is 0 Å². The zero-order valence-electron chi connectivity index (χ0n) is 26.3. The summed E-state index contributed by atoms with van der Waals surface area (Å²) in [5.41, 5.74) is 6.83. The van der Waals surface area contributed by atoms with Gasteiger partial charge < -0.3 is 9.84 Å². The van der Waals surface area contributed by atoms with Crippen molar-refractivity contribution in [3.05, 3.63) is 156 Å². The Balaban J connectivity index is 0.000000154. The largest absolute Gasteiger partial charge is 0.506 e. The number of hydrogen-bond acceptors (Lipinski definition) is 6. The summed E-state index contributed by atoms with van der Waals surface area (Å²) in [6, 6.07) is 42.5. The standard InChI is InChI=1S/C21H15ClN2O.C20H13ClN2O/c1-25-19-12-15(17-9-5-6-10-18(17)22)11-16-13-23-21(24-20(16)19)14-7-3-2-4-8-14;21-17-9-5-4-8-16(17)14-10-15-12-22-20(13-6-2-1-3-7-13)23-19(15)18(24)11-14/h2-13H,1H3;1-12,24H. The second-order valence-electron chi connectivity index (χ2n) is 11.1. The number of aromatic hydroxyl groups is 1. The molecule has 1 N–H and O–H groups in total. The first kappa shape index (κ1) is 31.8. The van der Waals surface area contributed by atoms with Gasteiger partial charge in [-0.3, -0.25) is 0 Å². The van der Waals surface area contributed by atoms with E-state index in [-0.39, 0.29) is 5.75 Å². The first-order valence-electron chi connectivity index (χ1n) is 15.4. The van der Waals surface area contributed by atoms with Gasteiger partial charge >= 0.3 is 0 Å². The molecule has 0 aliphatic rings. The maximum atomic E-state index is 10.4. The van der Waals surface area contributed by atoms with Crippen LogP contribution in [0.25, 0.3) is 66.8 Å². The van der Waals surface area contributed by atoms with Crippen LogP contribution in [-0.4, -0.2) is 32.2 Å². The molecule has 0 unspecified atom stereocenters. The first-order valence-corrected chi connectivity index (χ1v) is 16.2. The number of benzene rings is 6. The highest BCUT2D eigenvalue weighted by molar-refractivity contribution is 6.33. The predicted octanol–water partition coefficient (Wildman–Crippen LogP) is 10.9. The zero-order valence-corrected chi connectivity index (χ0v) is 27.8. The molecule has 6 aromatic carbocycles. The zero-order chi connectivity index (χ0) is 33.7. The highest BCUT2D eigenvalue weighted by Gasteiger charge is 2.13. The molecule has 0 aliphatic heterocycles. The summed E-state index contributed by atoms with van der Waals surface area (Å²) in [6.45, 7) is 0. The van der Waals surface area contributed by atoms with E-state index in [0.717, 1.165) is 49.7 Å². The monoisotopic (exact) mass is 678 g/mol. The van der Waals surface area contributed by atoms with Gasteiger partial charge in [0.2, 0.25) is 0 Å². The molecule has 2 aromatic heterocycles. The van der Waals surface area contributed by atoms with E-state index in [4.69, 9.17) is 32.9 Å². The smallest absolute Gasteiger partial charge is 0.159 e. The molecule has 8 aromatic rings. The summed E-state index contributed by atoms with van der Waals surface area (Å²) in [6.07, 6.45) is 3.55. The van der Waals surface area contributed by atoms with Gasteiger partial charge in [-0.05, 0) is 47.5 Å². The Morgan fingerprint density at radius 1 is 0.510 bits per heavy atom. The minimum atomic E-state index is 0.113. The Kier molecular flexibility index (Phi) is 9.15. The molecule has 0 saturated carbocycles. The average Bonchev–Trinajstić information content (AvgIpc) is 3.15. The van der Waals surface area contributed by atoms with Crippen molar-refractivity contribution in [2.75, 3.05) is 7.11 Å². The van der Waals surface area contributed by atoms with Gasteiger partial charge in [0.25, 0.3) is 0 Å². The molecule has 0 bridgehead atoms. The van der Waals surface area contributed by atoms with Crippen LogP contribution in [0.5, 0.6) is 11.5 Å².